The van der Waals surface area contributed by atoms with Gasteiger partial charge in [-0.1, -0.05) is 182 Å². The molecule has 276 valence electrons. The number of nitrogens with zero attached hydrogens (tertiary/aromatic N) is 3. The van der Waals surface area contributed by atoms with E-state index >= 15 is 0 Å². The van der Waals surface area contributed by atoms with E-state index in [0.717, 1.165) is 39.6 Å². The molecule has 58 heavy (non-hydrogen) atoms. The second-order valence-corrected chi connectivity index (χ2v) is 15.3. The summed E-state index contributed by atoms with van der Waals surface area (Å²) < 4.78 is 0. The minimum atomic E-state index is -0.526. The van der Waals surface area contributed by atoms with Crippen LogP contribution in [-0.2, 0) is 11.8 Å². The fourth-order valence-corrected chi connectivity index (χ4v) is 9.04. The second kappa shape index (κ2) is 14.7. The van der Waals surface area contributed by atoms with Gasteiger partial charge in [-0.2, -0.15) is 0 Å². The number of aryl methyl sites for hydroxylation is 2. The Bertz CT molecular complexity index is 2810. The molecule has 0 saturated heterocycles. The minimum absolute atomic E-state index is 0.526. The van der Waals surface area contributed by atoms with E-state index in [1.807, 2.05) is 18.3 Å². The number of fused-ring (bicyclic) bond motifs is 3. The first-order valence-electron chi connectivity index (χ1n) is 20.0. The zero-order chi connectivity index (χ0) is 39.1. The van der Waals surface area contributed by atoms with Crippen LogP contribution in [0.25, 0.3) is 56.0 Å². The number of pyridine rings is 1. The van der Waals surface area contributed by atoms with Gasteiger partial charge in [0.1, 0.15) is 5.82 Å². The average Bonchev–Trinajstić information content (AvgIpc) is 3.59. The summed E-state index contributed by atoms with van der Waals surface area (Å²) in [5.74, 6) is 0.791. The largest absolute Gasteiger partial charge is 0.256 e. The van der Waals surface area contributed by atoms with Gasteiger partial charge in [0.05, 0.1) is 22.5 Å². The quantitative estimate of drug-likeness (QED) is 0.156. The smallest absolute Gasteiger partial charge is 0.134 e. The molecule has 0 aliphatic heterocycles. The molecule has 1 aliphatic carbocycles. The van der Waals surface area contributed by atoms with Crippen LogP contribution in [0.2, 0.25) is 0 Å². The maximum atomic E-state index is 5.25. The zero-order valence-corrected chi connectivity index (χ0v) is 32.6. The van der Waals surface area contributed by atoms with Gasteiger partial charge in [0.2, 0.25) is 0 Å². The van der Waals surface area contributed by atoms with Gasteiger partial charge >= 0.3 is 0 Å². The van der Waals surface area contributed by atoms with Crippen molar-refractivity contribution in [1.82, 2.24) is 15.0 Å². The Morgan fingerprint density at radius 1 is 0.448 bits per heavy atom. The molecule has 0 saturated carbocycles. The Hall–Kier alpha value is -7.23. The number of benzene rings is 7. The predicted octanol–water partition coefficient (Wildman–Crippen LogP) is 13.1. The molecule has 7 aromatic carbocycles. The molecule has 0 unspecified atom stereocenters. The SMILES string of the molecule is Cc1cnc(-c2ccc(-c3ccc4c(c3)-c3c(Cc5nc(-c6ccccc6)cc(-c6ccccc6)n5)cccc3C4(c3ccccc3)c3ccccc3)cc2)c(C)c1. The summed E-state index contributed by atoms with van der Waals surface area (Å²) in [6.07, 6.45) is 2.52. The summed E-state index contributed by atoms with van der Waals surface area (Å²) in [4.78, 5) is 15.3. The fraction of sp³-hybridized carbons (Fsp3) is 0.0727. The molecule has 0 amide bonds. The molecular weight excluding hydrogens is 703 g/mol. The van der Waals surface area contributed by atoms with Crippen LogP contribution < -0.4 is 0 Å². The maximum Gasteiger partial charge on any atom is 0.134 e. The molecule has 2 heterocycles. The molecule has 3 heteroatoms. The third-order valence-electron chi connectivity index (χ3n) is 11.6. The number of rotatable bonds is 8. The first kappa shape index (κ1) is 35.2. The van der Waals surface area contributed by atoms with E-state index in [4.69, 9.17) is 15.0 Å². The van der Waals surface area contributed by atoms with E-state index in [2.05, 4.69) is 196 Å². The lowest BCUT2D eigenvalue weighted by molar-refractivity contribution is 0.767. The lowest BCUT2D eigenvalue weighted by Gasteiger charge is -2.34. The molecule has 1 aliphatic rings. The summed E-state index contributed by atoms with van der Waals surface area (Å²) >= 11 is 0. The lowest BCUT2D eigenvalue weighted by atomic mass is 9.67. The van der Waals surface area contributed by atoms with Crippen LogP contribution in [0.5, 0.6) is 0 Å². The Kier molecular flexibility index (Phi) is 8.92. The van der Waals surface area contributed by atoms with Gasteiger partial charge in [0.15, 0.2) is 0 Å². The highest BCUT2D eigenvalue weighted by atomic mass is 14.9. The summed E-state index contributed by atoms with van der Waals surface area (Å²) in [5.41, 5.74) is 19.0. The van der Waals surface area contributed by atoms with Crippen molar-refractivity contribution in [2.75, 3.05) is 0 Å². The van der Waals surface area contributed by atoms with Crippen LogP contribution in [-0.4, -0.2) is 15.0 Å². The monoisotopic (exact) mass is 743 g/mol. The highest BCUT2D eigenvalue weighted by Gasteiger charge is 2.46. The third kappa shape index (κ3) is 6.13. The molecule has 2 aromatic heterocycles. The van der Waals surface area contributed by atoms with Crippen LogP contribution >= 0.6 is 0 Å². The summed E-state index contributed by atoms with van der Waals surface area (Å²) in [6, 6.07) is 69.9. The minimum Gasteiger partial charge on any atom is -0.256 e. The van der Waals surface area contributed by atoms with Crippen LogP contribution in [0.3, 0.4) is 0 Å². The second-order valence-electron chi connectivity index (χ2n) is 15.3. The maximum absolute atomic E-state index is 5.25. The molecule has 0 fully saturated rings. The highest BCUT2D eigenvalue weighted by Crippen LogP contribution is 2.57. The van der Waals surface area contributed by atoms with Crippen molar-refractivity contribution in [2.45, 2.75) is 25.7 Å². The summed E-state index contributed by atoms with van der Waals surface area (Å²) in [7, 11) is 0. The third-order valence-corrected chi connectivity index (χ3v) is 11.6. The molecule has 0 bridgehead atoms. The van der Waals surface area contributed by atoms with Crippen LogP contribution in [0.4, 0.5) is 0 Å². The molecule has 0 spiro atoms. The topological polar surface area (TPSA) is 38.7 Å². The molecule has 10 rings (SSSR count). The van der Waals surface area contributed by atoms with Crippen LogP contribution in [0.15, 0.2) is 200 Å². The van der Waals surface area contributed by atoms with E-state index in [-0.39, 0.29) is 0 Å². The zero-order valence-electron chi connectivity index (χ0n) is 32.6. The van der Waals surface area contributed by atoms with Crippen molar-refractivity contribution in [3.8, 4) is 56.0 Å². The van der Waals surface area contributed by atoms with Gasteiger partial charge < -0.3 is 0 Å². The first-order valence-corrected chi connectivity index (χ1v) is 20.0. The van der Waals surface area contributed by atoms with Crippen molar-refractivity contribution in [2.24, 2.45) is 0 Å². The van der Waals surface area contributed by atoms with Gasteiger partial charge in [-0.15, -0.1) is 0 Å². The van der Waals surface area contributed by atoms with Crippen molar-refractivity contribution >= 4 is 0 Å². The predicted molar refractivity (Wildman–Crippen MR) is 238 cm³/mol. The number of aromatic nitrogens is 3. The van der Waals surface area contributed by atoms with Gasteiger partial charge in [-0.3, -0.25) is 4.98 Å². The normalized spacial score (nSPS) is 12.5. The molecular formula is C55H41N3. The average molecular weight is 744 g/mol. The van der Waals surface area contributed by atoms with Crippen LogP contribution in [0.1, 0.15) is 44.8 Å². The van der Waals surface area contributed by atoms with E-state index < -0.39 is 5.41 Å². The molecule has 0 atom stereocenters. The lowest BCUT2D eigenvalue weighted by Crippen LogP contribution is -2.28. The van der Waals surface area contributed by atoms with E-state index in [1.165, 1.54) is 61.2 Å². The molecule has 3 nitrogen and oxygen atoms in total. The Labute approximate surface area is 340 Å². The summed E-state index contributed by atoms with van der Waals surface area (Å²) in [5, 5.41) is 0. The van der Waals surface area contributed by atoms with Gasteiger partial charge in [-0.25, -0.2) is 9.97 Å². The Balaban J connectivity index is 1.17. The van der Waals surface area contributed by atoms with Crippen LogP contribution in [0, 0.1) is 13.8 Å². The number of hydrogen-bond donors (Lipinski definition) is 0. The highest BCUT2D eigenvalue weighted by molar-refractivity contribution is 5.91. The van der Waals surface area contributed by atoms with Crippen molar-refractivity contribution in [3.05, 3.63) is 245 Å². The van der Waals surface area contributed by atoms with Gasteiger partial charge in [-0.05, 0) is 87.2 Å². The Morgan fingerprint density at radius 3 is 1.59 bits per heavy atom. The van der Waals surface area contributed by atoms with E-state index in [9.17, 15) is 0 Å². The Morgan fingerprint density at radius 2 is 1.00 bits per heavy atom. The molecule has 0 radical (unpaired) electrons. The summed E-state index contributed by atoms with van der Waals surface area (Å²) in [6.45, 7) is 4.22. The van der Waals surface area contributed by atoms with Crippen molar-refractivity contribution in [3.63, 3.8) is 0 Å². The standard InChI is InChI=1S/C55H41N3/c1-37-32-38(2)54(56-36-37)42-28-26-39(27-29-42)43-30-31-48-47(33-43)53-44(20-15-25-49(53)55(48,45-21-11-5-12-22-45)46-23-13-6-14-24-46)34-52-57-50(40-16-7-3-8-17-40)35-51(58-52)41-18-9-4-10-19-41/h3-33,35-36H,34H2,1-2H3. The fourth-order valence-electron chi connectivity index (χ4n) is 9.04. The van der Waals surface area contributed by atoms with Crippen molar-refractivity contribution in [1.29, 1.82) is 0 Å². The first-order chi connectivity index (χ1) is 28.6. The van der Waals surface area contributed by atoms with Gasteiger partial charge in [0.25, 0.3) is 0 Å². The van der Waals surface area contributed by atoms with Crippen molar-refractivity contribution < 1.29 is 0 Å². The van der Waals surface area contributed by atoms with E-state index in [0.29, 0.717) is 6.42 Å². The molecule has 9 aromatic rings. The number of hydrogen-bond acceptors (Lipinski definition) is 3. The van der Waals surface area contributed by atoms with Gasteiger partial charge in [0, 0.05) is 29.3 Å². The van der Waals surface area contributed by atoms with E-state index in [1.54, 1.807) is 0 Å². The molecule has 0 N–H and O–H groups in total.